The number of benzene rings is 2. The molecule has 4 nitrogen and oxygen atoms in total. The van der Waals surface area contributed by atoms with E-state index in [1.165, 1.54) is 23.9 Å². The van der Waals surface area contributed by atoms with Gasteiger partial charge in [0.15, 0.2) is 0 Å². The zero-order chi connectivity index (χ0) is 18.0. The Morgan fingerprint density at radius 1 is 1.24 bits per heavy atom. The van der Waals surface area contributed by atoms with Crippen LogP contribution in [0.3, 0.4) is 0 Å². The van der Waals surface area contributed by atoms with Crippen molar-refractivity contribution < 1.29 is 14.0 Å². The van der Waals surface area contributed by atoms with Crippen molar-refractivity contribution >= 4 is 52.5 Å². The lowest BCUT2D eigenvalue weighted by atomic mass is 10.2. The number of carbonyl (C=O) groups is 2. The molecular formula is C17H13Cl2FN2O2S. The molecule has 0 saturated carbocycles. The van der Waals surface area contributed by atoms with Gasteiger partial charge in [-0.25, -0.2) is 4.39 Å². The molecule has 25 heavy (non-hydrogen) atoms. The fraction of sp³-hybridized carbons (Fsp3) is 0.176. The molecule has 1 aliphatic rings. The highest BCUT2D eigenvalue weighted by Crippen LogP contribution is 2.38. The summed E-state index contributed by atoms with van der Waals surface area (Å²) >= 11 is 12.9. The quantitative estimate of drug-likeness (QED) is 0.808. The first kappa shape index (κ1) is 18.0. The normalized spacial score (nSPS) is 16.1. The first-order valence-electron chi connectivity index (χ1n) is 7.40. The second-order valence-corrected chi connectivity index (χ2v) is 7.55. The predicted octanol–water partition coefficient (Wildman–Crippen LogP) is 4.25. The van der Waals surface area contributed by atoms with Crippen molar-refractivity contribution in [1.82, 2.24) is 5.32 Å². The van der Waals surface area contributed by atoms with E-state index in [1.54, 1.807) is 18.2 Å². The molecule has 8 heteroatoms. The lowest BCUT2D eigenvalue weighted by Crippen LogP contribution is -2.34. The van der Waals surface area contributed by atoms with Crippen molar-refractivity contribution in [2.75, 3.05) is 5.32 Å². The molecule has 2 aromatic carbocycles. The van der Waals surface area contributed by atoms with Gasteiger partial charge in [-0.15, -0.1) is 11.8 Å². The third-order valence-electron chi connectivity index (χ3n) is 3.61. The number of rotatable bonds is 4. The first-order valence-corrected chi connectivity index (χ1v) is 9.03. The number of thioether (sulfide) groups is 1. The molecule has 0 radical (unpaired) electrons. The van der Waals surface area contributed by atoms with Crippen molar-refractivity contribution in [3.05, 3.63) is 57.8 Å². The summed E-state index contributed by atoms with van der Waals surface area (Å²) in [5, 5.41) is 5.49. The molecule has 1 aliphatic heterocycles. The standard InChI is InChI=1S/C17H13Cl2FN2O2S/c18-10-2-4-14-13(6-10)22-17(24)15(25-14)7-16(23)21-8-9-1-3-12(20)11(19)5-9/h1-6,15H,7-8H2,(H,21,23)(H,22,24). The van der Waals surface area contributed by atoms with E-state index < -0.39 is 11.1 Å². The first-order chi connectivity index (χ1) is 11.9. The molecule has 0 bridgehead atoms. The van der Waals surface area contributed by atoms with Gasteiger partial charge in [0, 0.05) is 22.9 Å². The molecule has 0 spiro atoms. The highest BCUT2D eigenvalue weighted by atomic mass is 35.5. The third-order valence-corrected chi connectivity index (χ3v) is 5.41. The van der Waals surface area contributed by atoms with Crippen molar-refractivity contribution in [2.45, 2.75) is 23.1 Å². The van der Waals surface area contributed by atoms with E-state index in [0.717, 1.165) is 4.90 Å². The molecule has 0 aliphatic carbocycles. The predicted molar refractivity (Wildman–Crippen MR) is 97.6 cm³/mol. The summed E-state index contributed by atoms with van der Waals surface area (Å²) in [6.07, 6.45) is 0.0352. The fourth-order valence-corrected chi connectivity index (χ4v) is 3.81. The number of hydrogen-bond acceptors (Lipinski definition) is 3. The number of nitrogens with one attached hydrogen (secondary N) is 2. The van der Waals surface area contributed by atoms with Crippen LogP contribution in [0.15, 0.2) is 41.3 Å². The molecule has 1 heterocycles. The Bertz CT molecular complexity index is 847. The van der Waals surface area contributed by atoms with Crippen molar-refractivity contribution in [2.24, 2.45) is 0 Å². The van der Waals surface area contributed by atoms with Crippen LogP contribution in [0.5, 0.6) is 0 Å². The zero-order valence-corrected chi connectivity index (χ0v) is 15.1. The number of carbonyl (C=O) groups excluding carboxylic acids is 2. The van der Waals surface area contributed by atoms with Gasteiger partial charge in [-0.3, -0.25) is 9.59 Å². The van der Waals surface area contributed by atoms with E-state index in [0.29, 0.717) is 16.3 Å². The molecule has 2 aromatic rings. The third kappa shape index (κ3) is 4.45. The van der Waals surface area contributed by atoms with Gasteiger partial charge in [0.05, 0.1) is 16.0 Å². The van der Waals surface area contributed by atoms with Crippen molar-refractivity contribution in [3.63, 3.8) is 0 Å². The fourth-order valence-electron chi connectivity index (χ4n) is 2.35. The van der Waals surface area contributed by atoms with Gasteiger partial charge in [-0.05, 0) is 35.9 Å². The minimum atomic E-state index is -0.523. The summed E-state index contributed by atoms with van der Waals surface area (Å²) in [4.78, 5) is 25.1. The lowest BCUT2D eigenvalue weighted by Gasteiger charge is -2.23. The summed E-state index contributed by atoms with van der Waals surface area (Å²) in [5.74, 6) is -1.02. The van der Waals surface area contributed by atoms with E-state index in [9.17, 15) is 14.0 Å². The molecular weight excluding hydrogens is 386 g/mol. The summed E-state index contributed by atoms with van der Waals surface area (Å²) < 4.78 is 13.1. The lowest BCUT2D eigenvalue weighted by molar-refractivity contribution is -0.124. The largest absolute Gasteiger partial charge is 0.352 e. The highest BCUT2D eigenvalue weighted by Gasteiger charge is 2.29. The van der Waals surface area contributed by atoms with Crippen LogP contribution < -0.4 is 10.6 Å². The van der Waals surface area contributed by atoms with Crippen LogP contribution in [0.2, 0.25) is 10.0 Å². The molecule has 2 N–H and O–H groups in total. The van der Waals surface area contributed by atoms with Crippen LogP contribution in [-0.2, 0) is 16.1 Å². The zero-order valence-electron chi connectivity index (χ0n) is 12.8. The van der Waals surface area contributed by atoms with Crippen molar-refractivity contribution in [3.8, 4) is 0 Å². The molecule has 0 saturated heterocycles. The number of anilines is 1. The van der Waals surface area contributed by atoms with Crippen LogP contribution in [-0.4, -0.2) is 17.1 Å². The topological polar surface area (TPSA) is 58.2 Å². The van der Waals surface area contributed by atoms with Crippen LogP contribution in [0.1, 0.15) is 12.0 Å². The van der Waals surface area contributed by atoms with Crippen LogP contribution in [0, 0.1) is 5.82 Å². The van der Waals surface area contributed by atoms with E-state index >= 15 is 0 Å². The summed E-state index contributed by atoms with van der Waals surface area (Å²) in [5.41, 5.74) is 1.33. The van der Waals surface area contributed by atoms with E-state index in [4.69, 9.17) is 23.2 Å². The van der Waals surface area contributed by atoms with Crippen LogP contribution >= 0.6 is 35.0 Å². The average molecular weight is 399 g/mol. The van der Waals surface area contributed by atoms with Gasteiger partial charge in [0.25, 0.3) is 0 Å². The second-order valence-electron chi connectivity index (χ2n) is 5.47. The van der Waals surface area contributed by atoms with Gasteiger partial charge in [-0.1, -0.05) is 29.3 Å². The molecule has 3 rings (SSSR count). The highest BCUT2D eigenvalue weighted by molar-refractivity contribution is 8.01. The Morgan fingerprint density at radius 2 is 2.04 bits per heavy atom. The maximum atomic E-state index is 13.1. The van der Waals surface area contributed by atoms with Crippen LogP contribution in [0.4, 0.5) is 10.1 Å². The van der Waals surface area contributed by atoms with Crippen LogP contribution in [0.25, 0.3) is 0 Å². The Morgan fingerprint density at radius 3 is 2.80 bits per heavy atom. The Balaban J connectivity index is 1.58. The summed E-state index contributed by atoms with van der Waals surface area (Å²) in [7, 11) is 0. The van der Waals surface area contributed by atoms with Gasteiger partial charge in [0.2, 0.25) is 11.8 Å². The molecule has 130 valence electrons. The van der Waals surface area contributed by atoms with Gasteiger partial charge in [-0.2, -0.15) is 0 Å². The molecule has 1 unspecified atom stereocenters. The van der Waals surface area contributed by atoms with Crippen molar-refractivity contribution in [1.29, 1.82) is 0 Å². The summed E-state index contributed by atoms with van der Waals surface area (Å²) in [6, 6.07) is 9.48. The molecule has 0 aromatic heterocycles. The van der Waals surface area contributed by atoms with E-state index in [1.807, 2.05) is 6.07 Å². The SMILES string of the molecule is O=C(CC1Sc2ccc(Cl)cc2NC1=O)NCc1ccc(F)c(Cl)c1. The number of hydrogen-bond donors (Lipinski definition) is 2. The van der Waals surface area contributed by atoms with Gasteiger partial charge in [0.1, 0.15) is 5.82 Å². The summed E-state index contributed by atoms with van der Waals surface area (Å²) in [6.45, 7) is 0.212. The van der Waals surface area contributed by atoms with Gasteiger partial charge < -0.3 is 10.6 Å². The monoisotopic (exact) mass is 398 g/mol. The maximum absolute atomic E-state index is 13.1. The minimum absolute atomic E-state index is 0.00392. The number of amides is 2. The minimum Gasteiger partial charge on any atom is -0.352 e. The number of fused-ring (bicyclic) bond motifs is 1. The van der Waals surface area contributed by atoms with Gasteiger partial charge >= 0.3 is 0 Å². The van der Waals surface area contributed by atoms with E-state index in [2.05, 4.69) is 10.6 Å². The second kappa shape index (κ2) is 7.64. The average Bonchev–Trinajstić information content (AvgIpc) is 2.57. The molecule has 1 atom stereocenters. The van der Waals surface area contributed by atoms with E-state index in [-0.39, 0.29) is 29.8 Å². The molecule has 0 fully saturated rings. The maximum Gasteiger partial charge on any atom is 0.238 e. The Labute approximate surface area is 158 Å². The molecule has 2 amide bonds. The number of halogens is 3. The Kier molecular flexibility index (Phi) is 5.51. The Hall–Kier alpha value is -1.76. The smallest absolute Gasteiger partial charge is 0.238 e.